The Bertz CT molecular complexity index is 922. The lowest BCUT2D eigenvalue weighted by atomic mass is 10.2. The first kappa shape index (κ1) is 19.7. The summed E-state index contributed by atoms with van der Waals surface area (Å²) in [6.07, 6.45) is 1.34. The lowest BCUT2D eigenvalue weighted by molar-refractivity contribution is 0.0697. The van der Waals surface area contributed by atoms with Gasteiger partial charge in [0.1, 0.15) is 11.4 Å². The molecule has 0 saturated heterocycles. The number of rotatable bonds is 7. The third kappa shape index (κ3) is 4.13. The molecule has 0 spiro atoms. The number of sulfonamides is 1. The molecule has 1 aromatic carbocycles. The number of hydrogen-bond acceptors (Lipinski definition) is 5. The Morgan fingerprint density at radius 2 is 1.85 bits per heavy atom. The van der Waals surface area contributed by atoms with Gasteiger partial charge in [0.15, 0.2) is 0 Å². The lowest BCUT2D eigenvalue weighted by Gasteiger charge is -2.22. The maximum atomic E-state index is 12.7. The van der Waals surface area contributed by atoms with Gasteiger partial charge in [0.05, 0.1) is 16.8 Å². The van der Waals surface area contributed by atoms with E-state index in [0.29, 0.717) is 24.5 Å². The molecule has 7 nitrogen and oxygen atoms in total. The van der Waals surface area contributed by atoms with E-state index in [1.165, 1.54) is 12.3 Å². The van der Waals surface area contributed by atoms with Crippen molar-refractivity contribution in [2.24, 2.45) is 0 Å². The molecule has 0 fully saturated rings. The van der Waals surface area contributed by atoms with Gasteiger partial charge in [-0.3, -0.25) is 4.72 Å². The lowest BCUT2D eigenvalue weighted by Crippen LogP contribution is -2.25. The minimum atomic E-state index is -3.85. The number of hydrogen-bond donors (Lipinski definition) is 2. The van der Waals surface area contributed by atoms with Crippen molar-refractivity contribution < 1.29 is 18.3 Å². The number of benzene rings is 1. The fourth-order valence-corrected chi connectivity index (χ4v) is 4.02. The van der Waals surface area contributed by atoms with E-state index in [9.17, 15) is 18.3 Å². The molecule has 26 heavy (non-hydrogen) atoms. The van der Waals surface area contributed by atoms with Crippen LogP contribution in [0, 0.1) is 13.8 Å². The van der Waals surface area contributed by atoms with Gasteiger partial charge in [0.2, 0.25) is 0 Å². The third-order valence-electron chi connectivity index (χ3n) is 4.05. The Morgan fingerprint density at radius 1 is 1.19 bits per heavy atom. The van der Waals surface area contributed by atoms with Crippen molar-refractivity contribution in [3.63, 3.8) is 0 Å². The SMILES string of the molecule is CCN(CC)c1ncc(NS(=O)(=O)c2cc(C)ccc2C)cc1C(=O)O. The van der Waals surface area contributed by atoms with Gasteiger partial charge in [-0.15, -0.1) is 0 Å². The van der Waals surface area contributed by atoms with Gasteiger partial charge in [0.25, 0.3) is 10.0 Å². The highest BCUT2D eigenvalue weighted by molar-refractivity contribution is 7.92. The fraction of sp³-hybridized carbons (Fsp3) is 0.333. The zero-order valence-electron chi connectivity index (χ0n) is 15.3. The number of nitrogens with zero attached hydrogens (tertiary/aromatic N) is 2. The van der Waals surface area contributed by atoms with E-state index in [1.807, 2.05) is 19.9 Å². The molecule has 0 atom stereocenters. The number of carbonyl (C=O) groups is 1. The highest BCUT2D eigenvalue weighted by Crippen LogP contribution is 2.24. The van der Waals surface area contributed by atoms with Crippen molar-refractivity contribution in [2.45, 2.75) is 32.6 Å². The zero-order valence-corrected chi connectivity index (χ0v) is 16.1. The first-order chi connectivity index (χ1) is 12.2. The molecule has 0 bridgehead atoms. The second-order valence-corrected chi connectivity index (χ2v) is 7.60. The normalized spacial score (nSPS) is 11.2. The number of aromatic nitrogens is 1. The molecule has 0 aliphatic rings. The highest BCUT2D eigenvalue weighted by atomic mass is 32.2. The van der Waals surface area contributed by atoms with E-state index in [4.69, 9.17) is 0 Å². The molecule has 0 radical (unpaired) electrons. The van der Waals surface area contributed by atoms with Crippen molar-refractivity contribution in [3.8, 4) is 0 Å². The monoisotopic (exact) mass is 377 g/mol. The minimum Gasteiger partial charge on any atom is -0.478 e. The molecule has 2 rings (SSSR count). The summed E-state index contributed by atoms with van der Waals surface area (Å²) in [7, 11) is -3.85. The number of carboxylic acids is 1. The van der Waals surface area contributed by atoms with Crippen molar-refractivity contribution in [1.82, 2.24) is 4.98 Å². The summed E-state index contributed by atoms with van der Waals surface area (Å²) in [6.45, 7) is 8.50. The molecule has 140 valence electrons. The molecule has 0 aliphatic heterocycles. The second-order valence-electron chi connectivity index (χ2n) is 5.95. The van der Waals surface area contributed by atoms with Crippen LogP contribution in [0.2, 0.25) is 0 Å². The van der Waals surface area contributed by atoms with E-state index in [1.54, 1.807) is 30.9 Å². The Hall–Kier alpha value is -2.61. The van der Waals surface area contributed by atoms with Crippen molar-refractivity contribution >= 4 is 27.5 Å². The van der Waals surface area contributed by atoms with Gasteiger partial charge in [-0.2, -0.15) is 0 Å². The van der Waals surface area contributed by atoms with Crippen LogP contribution in [0.25, 0.3) is 0 Å². The van der Waals surface area contributed by atoms with Crippen LogP contribution in [-0.4, -0.2) is 37.6 Å². The predicted octanol–water partition coefficient (Wildman–Crippen LogP) is 3.04. The predicted molar refractivity (Wildman–Crippen MR) is 101 cm³/mol. The standard InChI is InChI=1S/C18H23N3O4S/c1-5-21(6-2)17-15(18(22)23)10-14(11-19-17)20-26(24,25)16-9-12(3)7-8-13(16)4/h7-11,20H,5-6H2,1-4H3,(H,22,23). The van der Waals surface area contributed by atoms with Crippen molar-refractivity contribution in [2.75, 3.05) is 22.7 Å². The molecule has 8 heteroatoms. The maximum absolute atomic E-state index is 12.7. The molecule has 1 heterocycles. The zero-order chi connectivity index (χ0) is 19.5. The minimum absolute atomic E-state index is 0.0464. The van der Waals surface area contributed by atoms with Crippen LogP contribution in [-0.2, 0) is 10.0 Å². The quantitative estimate of drug-likeness (QED) is 0.769. The molecule has 0 unspecified atom stereocenters. The van der Waals surface area contributed by atoms with E-state index in [0.717, 1.165) is 5.56 Å². The summed E-state index contributed by atoms with van der Waals surface area (Å²) in [5.41, 5.74) is 1.49. The van der Waals surface area contributed by atoms with Gasteiger partial charge < -0.3 is 10.0 Å². The first-order valence-corrected chi connectivity index (χ1v) is 9.76. The third-order valence-corrected chi connectivity index (χ3v) is 5.57. The Kier molecular flexibility index (Phi) is 5.86. The fourth-order valence-electron chi connectivity index (χ4n) is 2.65. The number of anilines is 2. The first-order valence-electron chi connectivity index (χ1n) is 8.28. The van der Waals surface area contributed by atoms with Gasteiger partial charge in [0, 0.05) is 13.1 Å². The molecule has 2 aromatic rings. The molecule has 1 aromatic heterocycles. The van der Waals surface area contributed by atoms with Crippen LogP contribution in [0.1, 0.15) is 35.3 Å². The van der Waals surface area contributed by atoms with Crippen molar-refractivity contribution in [1.29, 1.82) is 0 Å². The number of carboxylic acid groups (broad SMARTS) is 1. The van der Waals surface area contributed by atoms with E-state index in [2.05, 4.69) is 9.71 Å². The molecule has 0 amide bonds. The number of aryl methyl sites for hydroxylation is 2. The highest BCUT2D eigenvalue weighted by Gasteiger charge is 2.21. The number of aromatic carboxylic acids is 1. The van der Waals surface area contributed by atoms with Gasteiger partial charge in [-0.25, -0.2) is 18.2 Å². The maximum Gasteiger partial charge on any atom is 0.339 e. The number of nitrogens with one attached hydrogen (secondary N) is 1. The smallest absolute Gasteiger partial charge is 0.339 e. The Morgan fingerprint density at radius 3 is 2.42 bits per heavy atom. The van der Waals surface area contributed by atoms with Gasteiger partial charge in [-0.05, 0) is 51.0 Å². The van der Waals surface area contributed by atoms with Crippen LogP contribution in [0.15, 0.2) is 35.4 Å². The summed E-state index contributed by atoms with van der Waals surface area (Å²) in [4.78, 5) is 17.7. The molecular formula is C18H23N3O4S. The van der Waals surface area contributed by atoms with Crippen LogP contribution >= 0.6 is 0 Å². The Labute approximate surface area is 153 Å². The largest absolute Gasteiger partial charge is 0.478 e. The summed E-state index contributed by atoms with van der Waals surface area (Å²) in [6, 6.07) is 6.44. The molecule has 0 saturated carbocycles. The average Bonchev–Trinajstić information content (AvgIpc) is 2.58. The van der Waals surface area contributed by atoms with Crippen LogP contribution in [0.4, 0.5) is 11.5 Å². The number of pyridine rings is 1. The van der Waals surface area contributed by atoms with Crippen LogP contribution < -0.4 is 9.62 Å². The van der Waals surface area contributed by atoms with Crippen molar-refractivity contribution in [3.05, 3.63) is 47.2 Å². The van der Waals surface area contributed by atoms with E-state index >= 15 is 0 Å². The summed E-state index contributed by atoms with van der Waals surface area (Å²) in [5.74, 6) is -0.843. The average molecular weight is 377 g/mol. The van der Waals surface area contributed by atoms with E-state index in [-0.39, 0.29) is 16.1 Å². The molecular weight excluding hydrogens is 354 g/mol. The molecule has 0 aliphatic carbocycles. The van der Waals surface area contributed by atoms with Crippen LogP contribution in [0.5, 0.6) is 0 Å². The summed E-state index contributed by atoms with van der Waals surface area (Å²) < 4.78 is 27.8. The summed E-state index contributed by atoms with van der Waals surface area (Å²) in [5, 5.41) is 9.48. The molecule has 2 N–H and O–H groups in total. The van der Waals surface area contributed by atoms with Gasteiger partial charge >= 0.3 is 5.97 Å². The van der Waals surface area contributed by atoms with Gasteiger partial charge in [-0.1, -0.05) is 12.1 Å². The Balaban J connectivity index is 2.45. The topological polar surface area (TPSA) is 99.6 Å². The van der Waals surface area contributed by atoms with Crippen LogP contribution in [0.3, 0.4) is 0 Å². The second kappa shape index (κ2) is 7.74. The van der Waals surface area contributed by atoms with E-state index < -0.39 is 16.0 Å². The summed E-state index contributed by atoms with van der Waals surface area (Å²) >= 11 is 0.